The number of halogens is 4. The van der Waals surface area contributed by atoms with Crippen LogP contribution in [-0.4, -0.2) is 8.67 Å². The third-order valence-corrected chi connectivity index (χ3v) is 3.74. The smallest absolute Gasteiger partial charge is 0.0928 e. The molecule has 0 bridgehead atoms. The number of hydrogen-bond acceptors (Lipinski definition) is 0. The van der Waals surface area contributed by atoms with E-state index in [1.54, 1.807) is 0 Å². The van der Waals surface area contributed by atoms with Crippen LogP contribution in [0, 0.1) is 0 Å². The van der Waals surface area contributed by atoms with Crippen LogP contribution in [0.1, 0.15) is 13.8 Å². The molecule has 0 heterocycles. The van der Waals surface area contributed by atoms with Gasteiger partial charge in [-0.3, -0.25) is 0 Å². The predicted molar refractivity (Wildman–Crippen MR) is 47.2 cm³/mol. The van der Waals surface area contributed by atoms with E-state index in [9.17, 15) is 0 Å². The van der Waals surface area contributed by atoms with Gasteiger partial charge in [0.05, 0.1) is 0 Å². The SMILES string of the molecule is CC(C)=C1C(Cl)(Cl)C1(Cl)Cl. The van der Waals surface area contributed by atoms with Gasteiger partial charge in [-0.2, -0.15) is 0 Å². The Morgan fingerprint density at radius 2 is 1.30 bits per heavy atom. The lowest BCUT2D eigenvalue weighted by molar-refractivity contribution is 1.29. The number of rotatable bonds is 0. The van der Waals surface area contributed by atoms with Gasteiger partial charge >= 0.3 is 0 Å². The molecule has 0 amide bonds. The van der Waals surface area contributed by atoms with Crippen molar-refractivity contribution in [2.75, 3.05) is 0 Å². The summed E-state index contributed by atoms with van der Waals surface area (Å²) in [4.78, 5) is 0. The molecular formula is C6H6Cl4. The molecule has 0 spiro atoms. The molecule has 0 aliphatic heterocycles. The molecule has 1 fully saturated rings. The van der Waals surface area contributed by atoms with Gasteiger partial charge in [-0.1, -0.05) is 52.0 Å². The Morgan fingerprint density at radius 1 is 1.00 bits per heavy atom. The molecule has 0 radical (unpaired) electrons. The molecule has 1 saturated carbocycles. The summed E-state index contributed by atoms with van der Waals surface area (Å²) in [5.74, 6) is 0. The second-order valence-electron chi connectivity index (χ2n) is 2.52. The van der Waals surface area contributed by atoms with Crippen LogP contribution in [0.2, 0.25) is 0 Å². The molecule has 1 aliphatic rings. The minimum atomic E-state index is -1.06. The summed E-state index contributed by atoms with van der Waals surface area (Å²) in [7, 11) is 0. The van der Waals surface area contributed by atoms with Gasteiger partial charge in [0.25, 0.3) is 0 Å². The first-order valence-corrected chi connectivity index (χ1v) is 4.27. The summed E-state index contributed by atoms with van der Waals surface area (Å²) < 4.78 is -2.12. The highest BCUT2D eigenvalue weighted by Gasteiger charge is 2.71. The van der Waals surface area contributed by atoms with Gasteiger partial charge in [0.1, 0.15) is 0 Å². The van der Waals surface area contributed by atoms with E-state index < -0.39 is 8.67 Å². The highest BCUT2D eigenvalue weighted by atomic mass is 35.5. The van der Waals surface area contributed by atoms with E-state index in [1.165, 1.54) is 0 Å². The van der Waals surface area contributed by atoms with Crippen molar-refractivity contribution in [1.82, 2.24) is 0 Å². The Labute approximate surface area is 80.1 Å². The van der Waals surface area contributed by atoms with Crippen molar-refractivity contribution in [1.29, 1.82) is 0 Å². The van der Waals surface area contributed by atoms with Crippen LogP contribution in [0.25, 0.3) is 0 Å². The largest absolute Gasteiger partial charge is 0.179 e. The van der Waals surface area contributed by atoms with Crippen LogP contribution in [0.15, 0.2) is 11.1 Å². The predicted octanol–water partition coefficient (Wildman–Crippen LogP) is 3.68. The number of alkyl halides is 4. The lowest BCUT2D eigenvalue weighted by Crippen LogP contribution is -1.96. The third-order valence-electron chi connectivity index (χ3n) is 1.46. The number of hydrogen-bond donors (Lipinski definition) is 0. The topological polar surface area (TPSA) is 0 Å². The molecule has 0 nitrogen and oxygen atoms in total. The van der Waals surface area contributed by atoms with Crippen molar-refractivity contribution in [3.05, 3.63) is 11.1 Å². The van der Waals surface area contributed by atoms with E-state index in [-0.39, 0.29) is 0 Å². The average molecular weight is 220 g/mol. The molecule has 1 aliphatic carbocycles. The maximum absolute atomic E-state index is 5.74. The minimum Gasteiger partial charge on any atom is -0.0928 e. The van der Waals surface area contributed by atoms with Crippen LogP contribution in [0.3, 0.4) is 0 Å². The van der Waals surface area contributed by atoms with Gasteiger partial charge in [0, 0.05) is 5.57 Å². The first-order valence-electron chi connectivity index (χ1n) is 2.76. The monoisotopic (exact) mass is 218 g/mol. The van der Waals surface area contributed by atoms with E-state index in [4.69, 9.17) is 46.4 Å². The molecule has 0 atom stereocenters. The van der Waals surface area contributed by atoms with E-state index in [0.29, 0.717) is 5.57 Å². The molecule has 0 aromatic heterocycles. The fourth-order valence-corrected chi connectivity index (χ4v) is 2.62. The fraction of sp³-hybridized carbons (Fsp3) is 0.667. The van der Waals surface area contributed by atoms with E-state index >= 15 is 0 Å². The van der Waals surface area contributed by atoms with Crippen molar-refractivity contribution in [3.63, 3.8) is 0 Å². The minimum absolute atomic E-state index is 0.715. The van der Waals surface area contributed by atoms with Crippen LogP contribution in [-0.2, 0) is 0 Å². The van der Waals surface area contributed by atoms with E-state index in [0.717, 1.165) is 5.57 Å². The molecule has 0 N–H and O–H groups in total. The summed E-state index contributed by atoms with van der Waals surface area (Å²) in [6, 6.07) is 0. The summed E-state index contributed by atoms with van der Waals surface area (Å²) in [5, 5.41) is 0. The van der Waals surface area contributed by atoms with Gasteiger partial charge < -0.3 is 0 Å². The second kappa shape index (κ2) is 2.20. The standard InChI is InChI=1S/C6H6Cl4/c1-3(2)4-5(7,8)6(4,9)10/h1-2H3. The Morgan fingerprint density at radius 3 is 1.30 bits per heavy atom. The lowest BCUT2D eigenvalue weighted by atomic mass is 10.3. The van der Waals surface area contributed by atoms with Gasteiger partial charge in [-0.25, -0.2) is 0 Å². The van der Waals surface area contributed by atoms with Crippen molar-refractivity contribution in [2.24, 2.45) is 0 Å². The zero-order valence-corrected chi connectivity index (χ0v) is 8.54. The third kappa shape index (κ3) is 0.972. The lowest BCUT2D eigenvalue weighted by Gasteiger charge is -1.92. The van der Waals surface area contributed by atoms with Crippen molar-refractivity contribution in [2.45, 2.75) is 22.5 Å². The van der Waals surface area contributed by atoms with Gasteiger partial charge in [0.15, 0.2) is 8.67 Å². The molecular weight excluding hydrogens is 214 g/mol. The number of allylic oxidation sites excluding steroid dienone is 2. The van der Waals surface area contributed by atoms with Crippen molar-refractivity contribution < 1.29 is 0 Å². The zero-order valence-electron chi connectivity index (χ0n) is 5.51. The average Bonchev–Trinajstić information content (AvgIpc) is 1.97. The molecule has 0 saturated heterocycles. The molecule has 4 heteroatoms. The van der Waals surface area contributed by atoms with Gasteiger partial charge in [-0.05, 0) is 13.8 Å². The molecule has 0 aromatic rings. The van der Waals surface area contributed by atoms with Crippen molar-refractivity contribution in [3.8, 4) is 0 Å². The first kappa shape index (κ1) is 8.99. The normalized spacial score (nSPS) is 26.4. The Kier molecular flexibility index (Phi) is 1.97. The second-order valence-corrected chi connectivity index (χ2v) is 5.18. The fourth-order valence-electron chi connectivity index (χ4n) is 0.920. The van der Waals surface area contributed by atoms with Crippen LogP contribution >= 0.6 is 46.4 Å². The summed E-state index contributed by atoms with van der Waals surface area (Å²) >= 11 is 23.0. The van der Waals surface area contributed by atoms with Gasteiger partial charge in [0.2, 0.25) is 0 Å². The van der Waals surface area contributed by atoms with E-state index in [2.05, 4.69) is 0 Å². The summed E-state index contributed by atoms with van der Waals surface area (Å²) in [6.45, 7) is 3.75. The highest BCUT2D eigenvalue weighted by molar-refractivity contribution is 6.72. The Hall–Kier alpha value is 0.900. The molecule has 0 unspecified atom stereocenters. The Balaban J connectivity index is 3.04. The van der Waals surface area contributed by atoms with Crippen LogP contribution in [0.5, 0.6) is 0 Å². The Bertz CT molecular complexity index is 182. The summed E-state index contributed by atoms with van der Waals surface area (Å²) in [6.07, 6.45) is 0. The molecule has 10 heavy (non-hydrogen) atoms. The van der Waals surface area contributed by atoms with Crippen LogP contribution < -0.4 is 0 Å². The maximum atomic E-state index is 5.74. The quantitative estimate of drug-likeness (QED) is 0.431. The molecule has 58 valence electrons. The molecule has 0 aromatic carbocycles. The van der Waals surface area contributed by atoms with Crippen molar-refractivity contribution >= 4 is 46.4 Å². The van der Waals surface area contributed by atoms with Gasteiger partial charge in [-0.15, -0.1) is 0 Å². The maximum Gasteiger partial charge on any atom is 0.179 e. The first-order chi connectivity index (χ1) is 4.32. The summed E-state index contributed by atoms with van der Waals surface area (Å²) in [5.41, 5.74) is 1.70. The highest BCUT2D eigenvalue weighted by Crippen LogP contribution is 2.69. The van der Waals surface area contributed by atoms with E-state index in [1.807, 2.05) is 13.8 Å². The zero-order chi connectivity index (χ0) is 8.15. The molecule has 1 rings (SSSR count). The van der Waals surface area contributed by atoms with Crippen LogP contribution in [0.4, 0.5) is 0 Å².